The smallest absolute Gasteiger partial charge is 0.368 e. The van der Waals surface area contributed by atoms with Crippen LogP contribution in [0.2, 0.25) is 0 Å². The molecule has 0 atom stereocenters. The molecule has 11 heteroatoms. The van der Waals surface area contributed by atoms with Gasteiger partial charge in [-0.15, -0.1) is 10.2 Å². The van der Waals surface area contributed by atoms with Crippen molar-refractivity contribution in [3.05, 3.63) is 5.01 Å². The molecule has 17 heavy (non-hydrogen) atoms. The average molecular weight is 278 g/mol. The lowest BCUT2D eigenvalue weighted by Gasteiger charge is -2.18. The van der Waals surface area contributed by atoms with E-state index in [1.54, 1.807) is 0 Å². The third-order valence-electron chi connectivity index (χ3n) is 1.51. The quantitative estimate of drug-likeness (QED) is 0.485. The Hall–Kier alpha value is -1.07. The summed E-state index contributed by atoms with van der Waals surface area (Å²) in [6.45, 7) is -2.26. The number of nitrogens with zero attached hydrogens (tertiary/aromatic N) is 2. The Kier molecular flexibility index (Phi) is 4.16. The molecule has 0 radical (unpaired) electrons. The molecule has 1 aromatic heterocycles. The van der Waals surface area contributed by atoms with E-state index in [1.807, 2.05) is 0 Å². The number of hydrogen-bond acceptors (Lipinski definition) is 6. The maximum Gasteiger partial charge on any atom is 0.455 e. The largest absolute Gasteiger partial charge is 0.455 e. The predicted octanol–water partition coefficient (Wildman–Crippen LogP) is 1.54. The summed E-state index contributed by atoms with van der Waals surface area (Å²) < 4.78 is 64.2. The fraction of sp³-hybridized carbons (Fsp3) is 0.667. The second-order valence-corrected chi connectivity index (χ2v) is 3.90. The zero-order valence-electron chi connectivity index (χ0n) is 8.09. The highest BCUT2D eigenvalue weighted by atomic mass is 32.1. The van der Waals surface area contributed by atoms with Gasteiger partial charge >= 0.3 is 12.1 Å². The molecular weight excluding hydrogens is 271 g/mol. The number of nitrogens with two attached hydrogens (primary N) is 1. The summed E-state index contributed by atoms with van der Waals surface area (Å²) in [5.74, 6) is 0.0842. The van der Waals surface area contributed by atoms with Crippen LogP contribution in [0.5, 0.6) is 0 Å². The zero-order chi connectivity index (χ0) is 13.1. The molecule has 0 saturated heterocycles. The SMILES string of the molecule is NNc1nnc(COCC(F)(F)C(F)(F)F)s1. The Morgan fingerprint density at radius 3 is 2.35 bits per heavy atom. The van der Waals surface area contributed by atoms with E-state index in [1.165, 1.54) is 0 Å². The number of hydrogen-bond donors (Lipinski definition) is 2. The van der Waals surface area contributed by atoms with Gasteiger partial charge in [-0.2, -0.15) is 22.0 Å². The first-order valence-electron chi connectivity index (χ1n) is 4.07. The number of aromatic nitrogens is 2. The van der Waals surface area contributed by atoms with Crippen LogP contribution in [0, 0.1) is 0 Å². The lowest BCUT2D eigenvalue weighted by Crippen LogP contribution is -2.40. The zero-order valence-corrected chi connectivity index (χ0v) is 8.91. The predicted molar refractivity (Wildman–Crippen MR) is 48.4 cm³/mol. The molecule has 0 aliphatic heterocycles. The summed E-state index contributed by atoms with van der Waals surface area (Å²) in [5.41, 5.74) is 2.14. The maximum absolute atomic E-state index is 12.4. The van der Waals surface area contributed by atoms with Crippen LogP contribution in [0.15, 0.2) is 0 Å². The molecule has 0 saturated carbocycles. The Balaban J connectivity index is 2.42. The Morgan fingerprint density at radius 1 is 1.24 bits per heavy atom. The van der Waals surface area contributed by atoms with Gasteiger partial charge < -0.3 is 4.74 Å². The van der Waals surface area contributed by atoms with Gasteiger partial charge in [0.05, 0.1) is 0 Å². The minimum Gasteiger partial charge on any atom is -0.368 e. The molecule has 1 heterocycles. The van der Waals surface area contributed by atoms with Gasteiger partial charge in [0.15, 0.2) is 0 Å². The standard InChI is InChI=1S/C6H7F5N4OS/c7-5(8,6(9,10)11)2-16-1-3-14-15-4(13-12)17-3/h1-2,12H2,(H,13,15). The van der Waals surface area contributed by atoms with Crippen molar-refractivity contribution in [3.8, 4) is 0 Å². The van der Waals surface area contributed by atoms with E-state index in [2.05, 4.69) is 20.4 Å². The van der Waals surface area contributed by atoms with Gasteiger partial charge in [0, 0.05) is 0 Å². The molecule has 0 bridgehead atoms. The van der Waals surface area contributed by atoms with Crippen molar-refractivity contribution >= 4 is 16.5 Å². The van der Waals surface area contributed by atoms with Crippen molar-refractivity contribution < 1.29 is 26.7 Å². The maximum atomic E-state index is 12.4. The van der Waals surface area contributed by atoms with E-state index in [0.29, 0.717) is 0 Å². The highest BCUT2D eigenvalue weighted by molar-refractivity contribution is 7.15. The van der Waals surface area contributed by atoms with Gasteiger partial charge in [-0.05, 0) is 0 Å². The Morgan fingerprint density at radius 2 is 1.88 bits per heavy atom. The van der Waals surface area contributed by atoms with Crippen LogP contribution in [-0.4, -0.2) is 28.9 Å². The lowest BCUT2D eigenvalue weighted by molar-refractivity contribution is -0.297. The van der Waals surface area contributed by atoms with Crippen molar-refractivity contribution in [1.82, 2.24) is 10.2 Å². The molecule has 0 amide bonds. The number of halogens is 5. The number of rotatable bonds is 5. The van der Waals surface area contributed by atoms with E-state index >= 15 is 0 Å². The highest BCUT2D eigenvalue weighted by Crippen LogP contribution is 2.35. The molecule has 1 aromatic rings. The van der Waals surface area contributed by atoms with Crippen LogP contribution in [0.4, 0.5) is 27.1 Å². The number of anilines is 1. The lowest BCUT2D eigenvalue weighted by atomic mass is 10.3. The van der Waals surface area contributed by atoms with E-state index < -0.39 is 25.3 Å². The molecular formula is C6H7F5N4OS. The summed E-state index contributed by atoms with van der Waals surface area (Å²) in [6, 6.07) is 0. The minimum atomic E-state index is -5.63. The number of alkyl halides is 5. The first kappa shape index (κ1) is 14.0. The Bertz CT molecular complexity index is 368. The van der Waals surface area contributed by atoms with E-state index in [0.717, 1.165) is 11.3 Å². The second-order valence-electron chi connectivity index (χ2n) is 2.84. The number of ether oxygens (including phenoxy) is 1. The topological polar surface area (TPSA) is 73.1 Å². The second kappa shape index (κ2) is 5.06. The van der Waals surface area contributed by atoms with Crippen LogP contribution in [-0.2, 0) is 11.3 Å². The summed E-state index contributed by atoms with van der Waals surface area (Å²) in [6.07, 6.45) is -5.63. The molecule has 0 aliphatic carbocycles. The van der Waals surface area contributed by atoms with Gasteiger partial charge in [0.25, 0.3) is 0 Å². The summed E-state index contributed by atoms with van der Waals surface area (Å²) in [5, 5.41) is 7.22. The van der Waals surface area contributed by atoms with Crippen molar-refractivity contribution in [2.24, 2.45) is 5.84 Å². The van der Waals surface area contributed by atoms with Gasteiger partial charge in [-0.25, -0.2) is 5.84 Å². The fourth-order valence-electron chi connectivity index (χ4n) is 0.719. The first-order valence-corrected chi connectivity index (χ1v) is 4.89. The Labute approximate surface area is 95.7 Å². The van der Waals surface area contributed by atoms with Gasteiger partial charge in [-0.1, -0.05) is 11.3 Å². The van der Waals surface area contributed by atoms with Crippen LogP contribution in [0.3, 0.4) is 0 Å². The normalized spacial score (nSPS) is 12.8. The van der Waals surface area contributed by atoms with Crippen LogP contribution >= 0.6 is 11.3 Å². The molecule has 1 rings (SSSR count). The number of nitrogens with one attached hydrogen (secondary N) is 1. The molecule has 5 nitrogen and oxygen atoms in total. The number of nitrogen functional groups attached to an aromatic ring is 1. The monoisotopic (exact) mass is 278 g/mol. The fourth-order valence-corrected chi connectivity index (χ4v) is 1.31. The van der Waals surface area contributed by atoms with Crippen LogP contribution < -0.4 is 11.3 Å². The average Bonchev–Trinajstić information content (AvgIpc) is 2.63. The van der Waals surface area contributed by atoms with Gasteiger partial charge in [0.2, 0.25) is 5.13 Å². The number of hydrazine groups is 1. The summed E-state index contributed by atoms with van der Waals surface area (Å²) in [4.78, 5) is 0. The van der Waals surface area contributed by atoms with Crippen molar-refractivity contribution in [2.45, 2.75) is 18.7 Å². The first-order chi connectivity index (χ1) is 7.76. The van der Waals surface area contributed by atoms with Crippen molar-refractivity contribution in [1.29, 1.82) is 0 Å². The third-order valence-corrected chi connectivity index (χ3v) is 2.34. The molecule has 0 spiro atoms. The summed E-state index contributed by atoms with van der Waals surface area (Å²) in [7, 11) is 0. The highest BCUT2D eigenvalue weighted by Gasteiger charge is 2.57. The van der Waals surface area contributed by atoms with E-state index in [-0.39, 0.29) is 10.1 Å². The van der Waals surface area contributed by atoms with Crippen LogP contribution in [0.25, 0.3) is 0 Å². The van der Waals surface area contributed by atoms with Crippen molar-refractivity contribution in [2.75, 3.05) is 12.0 Å². The summed E-state index contributed by atoms with van der Waals surface area (Å²) >= 11 is 0.881. The van der Waals surface area contributed by atoms with Gasteiger partial charge in [-0.3, -0.25) is 5.43 Å². The molecule has 0 unspecified atom stereocenters. The third kappa shape index (κ3) is 3.71. The molecule has 0 aliphatic rings. The molecule has 98 valence electrons. The molecule has 0 aromatic carbocycles. The molecule has 0 fully saturated rings. The van der Waals surface area contributed by atoms with Gasteiger partial charge in [0.1, 0.15) is 18.2 Å². The van der Waals surface area contributed by atoms with Crippen LogP contribution in [0.1, 0.15) is 5.01 Å². The van der Waals surface area contributed by atoms with Crippen molar-refractivity contribution in [3.63, 3.8) is 0 Å². The van der Waals surface area contributed by atoms with E-state index in [4.69, 9.17) is 5.84 Å². The molecule has 3 N–H and O–H groups in total. The minimum absolute atomic E-state index is 0.135. The van der Waals surface area contributed by atoms with E-state index in [9.17, 15) is 22.0 Å².